The van der Waals surface area contributed by atoms with E-state index in [-0.39, 0.29) is 31.1 Å². The van der Waals surface area contributed by atoms with Crippen molar-refractivity contribution in [3.63, 3.8) is 0 Å². The second-order valence-electron chi connectivity index (χ2n) is 14.6. The van der Waals surface area contributed by atoms with Crippen LogP contribution in [0.15, 0.2) is 71.8 Å². The van der Waals surface area contributed by atoms with Crippen molar-refractivity contribution < 1.29 is 9.84 Å². The van der Waals surface area contributed by atoms with Gasteiger partial charge in [0.05, 0.1) is 44.3 Å². The van der Waals surface area contributed by atoms with Crippen LogP contribution in [0.5, 0.6) is 0 Å². The molecule has 2 fully saturated rings. The summed E-state index contributed by atoms with van der Waals surface area (Å²) in [7, 11) is 2.02. The maximum Gasteiger partial charge on any atom is 0.280 e. The second-order valence-corrected chi connectivity index (χ2v) is 14.6. The number of ether oxygens (including phenoxy) is 1. The Balaban J connectivity index is 0.00000378. The van der Waals surface area contributed by atoms with Crippen LogP contribution in [0.2, 0.25) is 0 Å². The lowest BCUT2D eigenvalue weighted by molar-refractivity contribution is -0.0691. The van der Waals surface area contributed by atoms with Crippen LogP contribution in [0, 0.1) is 5.41 Å². The lowest BCUT2D eigenvalue weighted by atomic mass is 9.90. The fourth-order valence-corrected chi connectivity index (χ4v) is 7.92. The van der Waals surface area contributed by atoms with Crippen molar-refractivity contribution in [2.75, 3.05) is 56.7 Å². The number of hydrogen-bond acceptors (Lipinski definition) is 9. The second kappa shape index (κ2) is 13.0. The van der Waals surface area contributed by atoms with Crippen LogP contribution in [0.25, 0.3) is 16.9 Å². The highest BCUT2D eigenvalue weighted by molar-refractivity contribution is 7.59. The highest BCUT2D eigenvalue weighted by atomic mass is 32.1. The number of piperazine rings is 1. The SMILES string of the molecule is C[C@H]1CN(C2COC2)CCN1c1ccc(NC2=CC(c3ccnc(-n4ccn5c6c(cc5c4=O)CC(C)(C)C6)c3CO)=CN(C)C2)nc1.S. The summed E-state index contributed by atoms with van der Waals surface area (Å²) >= 11 is 0. The Morgan fingerprint density at radius 2 is 1.94 bits per heavy atom. The minimum absolute atomic E-state index is 0. The fourth-order valence-electron chi connectivity index (χ4n) is 7.92. The van der Waals surface area contributed by atoms with Crippen LogP contribution < -0.4 is 15.8 Å². The molecule has 0 spiro atoms. The summed E-state index contributed by atoms with van der Waals surface area (Å²) in [6.45, 7) is 12.0. The van der Waals surface area contributed by atoms with E-state index in [0.29, 0.717) is 35.5 Å². The number of nitrogens with zero attached hydrogens (tertiary/aromatic N) is 7. The first-order valence-corrected chi connectivity index (χ1v) is 17.0. The summed E-state index contributed by atoms with van der Waals surface area (Å²) in [5, 5.41) is 14.2. The third-order valence-corrected chi connectivity index (χ3v) is 10.4. The summed E-state index contributed by atoms with van der Waals surface area (Å²) in [5.74, 6) is 1.22. The number of fused-ring (bicyclic) bond motifs is 3. The number of aliphatic hydroxyl groups excluding tert-OH is 1. The van der Waals surface area contributed by atoms with Gasteiger partial charge >= 0.3 is 0 Å². The summed E-state index contributed by atoms with van der Waals surface area (Å²) in [6.07, 6.45) is 13.4. The van der Waals surface area contributed by atoms with Gasteiger partial charge in [-0.3, -0.25) is 14.3 Å². The molecule has 12 heteroatoms. The predicted octanol–water partition coefficient (Wildman–Crippen LogP) is 3.80. The average molecular weight is 683 g/mol. The summed E-state index contributed by atoms with van der Waals surface area (Å²) < 4.78 is 8.99. The maximum absolute atomic E-state index is 13.8. The molecule has 0 aromatic carbocycles. The molecule has 4 aromatic heterocycles. The molecule has 1 aliphatic carbocycles. The Bertz CT molecular complexity index is 2000. The van der Waals surface area contributed by atoms with Crippen LogP contribution in [-0.4, -0.2) is 92.4 Å². The number of hydrogen-bond donors (Lipinski definition) is 2. The quantitative estimate of drug-likeness (QED) is 0.302. The number of aromatic nitrogens is 4. The van der Waals surface area contributed by atoms with E-state index in [1.165, 1.54) is 11.3 Å². The van der Waals surface area contributed by atoms with Crippen molar-refractivity contribution in [3.8, 4) is 5.82 Å². The molecular weight excluding hydrogens is 637 g/mol. The molecule has 2 saturated heterocycles. The minimum atomic E-state index is -0.260. The molecule has 11 nitrogen and oxygen atoms in total. The highest BCUT2D eigenvalue weighted by Crippen LogP contribution is 2.37. The van der Waals surface area contributed by atoms with Gasteiger partial charge in [-0.25, -0.2) is 9.97 Å². The van der Waals surface area contributed by atoms with Crippen LogP contribution >= 0.6 is 13.5 Å². The summed E-state index contributed by atoms with van der Waals surface area (Å²) in [6, 6.07) is 9.08. The zero-order chi connectivity index (χ0) is 33.2. The highest BCUT2D eigenvalue weighted by Gasteiger charge is 2.33. The van der Waals surface area contributed by atoms with Crippen molar-refractivity contribution >= 4 is 36.1 Å². The summed E-state index contributed by atoms with van der Waals surface area (Å²) in [5.41, 5.74) is 7.58. The monoisotopic (exact) mass is 682 g/mol. The van der Waals surface area contributed by atoms with Crippen molar-refractivity contribution in [2.45, 2.75) is 52.3 Å². The molecule has 3 aliphatic heterocycles. The molecule has 4 aromatic rings. The van der Waals surface area contributed by atoms with E-state index < -0.39 is 0 Å². The van der Waals surface area contributed by atoms with Gasteiger partial charge in [0, 0.05) is 74.5 Å². The molecule has 7 heterocycles. The number of rotatable bonds is 7. The van der Waals surface area contributed by atoms with E-state index in [1.54, 1.807) is 17.0 Å². The maximum atomic E-state index is 13.8. The van der Waals surface area contributed by atoms with Crippen LogP contribution in [0.4, 0.5) is 11.5 Å². The molecule has 4 aliphatic rings. The minimum Gasteiger partial charge on any atom is -0.392 e. The first-order valence-electron chi connectivity index (χ1n) is 17.0. The predicted molar refractivity (Wildman–Crippen MR) is 198 cm³/mol. The van der Waals surface area contributed by atoms with Crippen molar-refractivity contribution in [1.82, 2.24) is 28.7 Å². The standard InChI is InChI=1S/C37H44N8O3.H2S/c1-24-18-42(29-22-48-23-29)9-10-43(24)28-5-6-34(39-17-28)40-27-13-26(19-41(4)20-27)30-7-8-38-35(31(30)21-46)45-12-11-44-32(36(45)47)14-25-15-37(2,3)16-33(25)44;/h5-8,11-14,17,19,24,29,46H,9-10,15-16,18,20-23H2,1-4H3,(H,39,40);1H2/t24-;/m0./s1. The van der Waals surface area contributed by atoms with Gasteiger partial charge < -0.3 is 29.4 Å². The number of anilines is 2. The molecule has 0 bridgehead atoms. The Labute approximate surface area is 294 Å². The number of pyridine rings is 2. The number of likely N-dealkylation sites (N-methyl/N-ethyl adjacent to an activating group) is 1. The van der Waals surface area contributed by atoms with E-state index in [1.807, 2.05) is 42.0 Å². The van der Waals surface area contributed by atoms with E-state index in [2.05, 4.69) is 64.1 Å². The van der Waals surface area contributed by atoms with Crippen LogP contribution in [0.1, 0.15) is 43.2 Å². The molecular formula is C37H46N8O3S. The van der Waals surface area contributed by atoms with E-state index in [4.69, 9.17) is 9.72 Å². The van der Waals surface area contributed by atoms with Gasteiger partial charge in [0.1, 0.15) is 17.2 Å². The first kappa shape index (κ1) is 33.4. The van der Waals surface area contributed by atoms with Gasteiger partial charge in [-0.2, -0.15) is 13.5 Å². The van der Waals surface area contributed by atoms with Crippen molar-refractivity contribution in [3.05, 3.63) is 99.8 Å². The zero-order valence-electron chi connectivity index (χ0n) is 28.7. The fraction of sp³-hybridized carbons (Fsp3) is 0.432. The third-order valence-electron chi connectivity index (χ3n) is 10.4. The average Bonchev–Trinajstić information content (AvgIpc) is 3.52. The molecule has 1 atom stereocenters. The third kappa shape index (κ3) is 6.16. The largest absolute Gasteiger partial charge is 0.392 e. The number of nitrogens with one attached hydrogen (secondary N) is 1. The van der Waals surface area contributed by atoms with Gasteiger partial charge in [-0.1, -0.05) is 13.8 Å². The lowest BCUT2D eigenvalue weighted by Crippen LogP contribution is -2.59. The van der Waals surface area contributed by atoms with E-state index >= 15 is 0 Å². The molecule has 8 rings (SSSR count). The molecule has 0 radical (unpaired) electrons. The molecule has 0 amide bonds. The van der Waals surface area contributed by atoms with E-state index in [0.717, 1.165) is 74.0 Å². The molecule has 0 saturated carbocycles. The Hall–Kier alpha value is -4.10. The Morgan fingerprint density at radius 1 is 1.10 bits per heavy atom. The molecule has 49 heavy (non-hydrogen) atoms. The van der Waals surface area contributed by atoms with Gasteiger partial charge in [0.25, 0.3) is 5.56 Å². The Morgan fingerprint density at radius 3 is 2.65 bits per heavy atom. The van der Waals surface area contributed by atoms with Crippen LogP contribution in [0.3, 0.4) is 0 Å². The summed E-state index contributed by atoms with van der Waals surface area (Å²) in [4.78, 5) is 30.3. The zero-order valence-corrected chi connectivity index (χ0v) is 29.7. The topological polar surface area (TPSA) is 103 Å². The number of aliphatic hydroxyl groups is 1. The van der Waals surface area contributed by atoms with Crippen LogP contribution in [-0.2, 0) is 24.2 Å². The molecule has 258 valence electrons. The van der Waals surface area contributed by atoms with E-state index in [9.17, 15) is 9.90 Å². The smallest absolute Gasteiger partial charge is 0.280 e. The van der Waals surface area contributed by atoms with Crippen molar-refractivity contribution in [1.29, 1.82) is 0 Å². The van der Waals surface area contributed by atoms with Gasteiger partial charge in [0.2, 0.25) is 0 Å². The molecule has 2 N–H and O–H groups in total. The first-order chi connectivity index (χ1) is 23.2. The van der Waals surface area contributed by atoms with Gasteiger partial charge in [0.15, 0.2) is 0 Å². The number of allylic oxidation sites excluding steroid dienone is 2. The van der Waals surface area contributed by atoms with Gasteiger partial charge in [-0.15, -0.1) is 0 Å². The Kier molecular flexibility index (Phi) is 8.85. The van der Waals surface area contributed by atoms with Crippen molar-refractivity contribution in [2.24, 2.45) is 5.41 Å². The van der Waals surface area contributed by atoms with Gasteiger partial charge in [-0.05, 0) is 72.2 Å². The normalized spacial score (nSPS) is 20.8. The lowest BCUT2D eigenvalue weighted by Gasteiger charge is -2.46. The molecule has 0 unspecified atom stereocenters.